The molecule has 0 saturated carbocycles. The Labute approximate surface area is 164 Å². The first-order valence-corrected chi connectivity index (χ1v) is 9.45. The van der Waals surface area contributed by atoms with Gasteiger partial charge < -0.3 is 24.5 Å². The Hall–Kier alpha value is -2.58. The molecule has 2 atom stereocenters. The number of esters is 1. The van der Waals surface area contributed by atoms with E-state index in [1.54, 1.807) is 26.2 Å². The van der Waals surface area contributed by atoms with Gasteiger partial charge in [0, 0.05) is 24.5 Å². The number of carbonyl (C=O) groups is 2. The van der Waals surface area contributed by atoms with Crippen LogP contribution in [-0.4, -0.2) is 67.3 Å². The molecule has 1 fully saturated rings. The molecule has 3 rings (SSSR count). The van der Waals surface area contributed by atoms with Gasteiger partial charge in [-0.25, -0.2) is 4.79 Å². The molecule has 2 N–H and O–H groups in total. The number of morpholine rings is 1. The van der Waals surface area contributed by atoms with Gasteiger partial charge in [0.2, 0.25) is 5.91 Å². The van der Waals surface area contributed by atoms with Gasteiger partial charge in [-0.1, -0.05) is 0 Å². The Balaban J connectivity index is 1.84. The van der Waals surface area contributed by atoms with E-state index in [-0.39, 0.29) is 37.0 Å². The van der Waals surface area contributed by atoms with Gasteiger partial charge in [-0.3, -0.25) is 9.69 Å². The van der Waals surface area contributed by atoms with Crippen LogP contribution in [0.4, 0.5) is 5.69 Å². The Kier molecular flexibility index (Phi) is 6.21. The first-order valence-electron chi connectivity index (χ1n) is 9.45. The van der Waals surface area contributed by atoms with Gasteiger partial charge in [0.1, 0.15) is 11.4 Å². The number of rotatable bonds is 6. The van der Waals surface area contributed by atoms with E-state index in [9.17, 15) is 9.59 Å². The van der Waals surface area contributed by atoms with Crippen molar-refractivity contribution in [3.8, 4) is 5.75 Å². The van der Waals surface area contributed by atoms with Gasteiger partial charge in [0.15, 0.2) is 0 Å². The lowest BCUT2D eigenvalue weighted by Gasteiger charge is -2.34. The van der Waals surface area contributed by atoms with E-state index in [0.29, 0.717) is 30.0 Å². The molecule has 0 spiro atoms. The third kappa shape index (κ3) is 4.45. The predicted octanol–water partition coefficient (Wildman–Crippen LogP) is 2.40. The van der Waals surface area contributed by atoms with Crippen LogP contribution in [0, 0.1) is 0 Å². The summed E-state index contributed by atoms with van der Waals surface area (Å²) < 4.78 is 16.1. The number of hydrogen-bond acceptors (Lipinski definition) is 6. The molecule has 28 heavy (non-hydrogen) atoms. The zero-order valence-corrected chi connectivity index (χ0v) is 16.7. The summed E-state index contributed by atoms with van der Waals surface area (Å²) in [4.78, 5) is 30.2. The fourth-order valence-corrected chi connectivity index (χ4v) is 3.59. The molecule has 1 aromatic heterocycles. The zero-order valence-electron chi connectivity index (χ0n) is 16.7. The number of amides is 1. The number of anilines is 1. The van der Waals surface area contributed by atoms with Crippen molar-refractivity contribution in [3.05, 3.63) is 23.9 Å². The SMILES string of the molecule is CCOC(=O)c1[nH]c2cc(OC)ccc2c1NC(=O)CN1C[C@@H](C)O[C@H](C)C1. The van der Waals surface area contributed by atoms with E-state index in [2.05, 4.69) is 15.2 Å². The first kappa shape index (κ1) is 20.2. The summed E-state index contributed by atoms with van der Waals surface area (Å²) in [6.07, 6.45) is 0.152. The van der Waals surface area contributed by atoms with Crippen LogP contribution >= 0.6 is 0 Å². The maximum Gasteiger partial charge on any atom is 0.356 e. The summed E-state index contributed by atoms with van der Waals surface area (Å²) >= 11 is 0. The number of nitrogens with one attached hydrogen (secondary N) is 2. The van der Waals surface area contributed by atoms with Crippen LogP contribution in [0.3, 0.4) is 0 Å². The van der Waals surface area contributed by atoms with E-state index >= 15 is 0 Å². The number of hydrogen-bond donors (Lipinski definition) is 2. The van der Waals surface area contributed by atoms with Crippen molar-refractivity contribution < 1.29 is 23.8 Å². The third-order valence-corrected chi connectivity index (χ3v) is 4.61. The summed E-state index contributed by atoms with van der Waals surface area (Å²) in [5, 5.41) is 3.62. The van der Waals surface area contributed by atoms with Gasteiger partial charge in [0.25, 0.3) is 0 Å². The second kappa shape index (κ2) is 8.62. The summed E-state index contributed by atoms with van der Waals surface area (Å²) in [7, 11) is 1.57. The molecule has 0 unspecified atom stereocenters. The minimum atomic E-state index is -0.512. The molecular weight excluding hydrogens is 362 g/mol. The number of ether oxygens (including phenoxy) is 3. The minimum Gasteiger partial charge on any atom is -0.497 e. The van der Waals surface area contributed by atoms with Crippen LogP contribution < -0.4 is 10.1 Å². The molecular formula is C20H27N3O5. The molecule has 1 saturated heterocycles. The maximum atomic E-state index is 12.7. The van der Waals surface area contributed by atoms with E-state index in [0.717, 1.165) is 5.39 Å². The monoisotopic (exact) mass is 389 g/mol. The van der Waals surface area contributed by atoms with Gasteiger partial charge in [-0.2, -0.15) is 0 Å². The Bertz CT molecular complexity index is 853. The smallest absolute Gasteiger partial charge is 0.356 e. The molecule has 0 bridgehead atoms. The summed E-state index contributed by atoms with van der Waals surface area (Å²) in [6, 6.07) is 5.37. The van der Waals surface area contributed by atoms with Crippen molar-refractivity contribution in [2.75, 3.05) is 38.7 Å². The maximum absolute atomic E-state index is 12.7. The van der Waals surface area contributed by atoms with Crippen molar-refractivity contribution >= 4 is 28.5 Å². The second-order valence-corrected chi connectivity index (χ2v) is 7.01. The quantitative estimate of drug-likeness (QED) is 0.737. The number of nitrogens with zero attached hydrogens (tertiary/aromatic N) is 1. The van der Waals surface area contributed by atoms with Crippen LogP contribution in [0.25, 0.3) is 10.9 Å². The van der Waals surface area contributed by atoms with Crippen LogP contribution in [0.5, 0.6) is 5.75 Å². The molecule has 8 heteroatoms. The van der Waals surface area contributed by atoms with Gasteiger partial charge in [-0.15, -0.1) is 0 Å². The van der Waals surface area contributed by atoms with Gasteiger partial charge in [-0.05, 0) is 32.9 Å². The van der Waals surface area contributed by atoms with Crippen LogP contribution in [0.1, 0.15) is 31.3 Å². The summed E-state index contributed by atoms with van der Waals surface area (Å²) in [6.45, 7) is 7.57. The highest BCUT2D eigenvalue weighted by Gasteiger charge is 2.25. The molecule has 1 aliphatic rings. The van der Waals surface area contributed by atoms with Crippen molar-refractivity contribution in [3.63, 3.8) is 0 Å². The van der Waals surface area contributed by atoms with Crippen LogP contribution in [0.15, 0.2) is 18.2 Å². The molecule has 1 aliphatic heterocycles. The van der Waals surface area contributed by atoms with E-state index in [4.69, 9.17) is 14.2 Å². The number of methoxy groups -OCH3 is 1. The highest BCUT2D eigenvalue weighted by Crippen LogP contribution is 2.31. The average Bonchev–Trinajstić information content (AvgIpc) is 2.98. The average molecular weight is 389 g/mol. The zero-order chi connectivity index (χ0) is 20.3. The standard InChI is InChI=1S/C20H27N3O5/c1-5-27-20(25)19-18(15-7-6-14(26-4)8-16(15)21-19)22-17(24)11-23-9-12(2)28-13(3)10-23/h6-8,12-13,21H,5,9-11H2,1-4H3,(H,22,24)/t12-,13-/m1/s1. The topological polar surface area (TPSA) is 92.9 Å². The number of aromatic amines is 1. The molecule has 152 valence electrons. The summed E-state index contributed by atoms with van der Waals surface area (Å²) in [5.41, 5.74) is 1.34. The fraction of sp³-hybridized carbons (Fsp3) is 0.500. The minimum absolute atomic E-state index is 0.0761. The number of fused-ring (bicyclic) bond motifs is 1. The molecule has 1 amide bonds. The lowest BCUT2D eigenvalue weighted by atomic mass is 10.2. The molecule has 2 heterocycles. The Morgan fingerprint density at radius 3 is 2.64 bits per heavy atom. The number of H-pyrrole nitrogens is 1. The Morgan fingerprint density at radius 1 is 1.29 bits per heavy atom. The fourth-order valence-electron chi connectivity index (χ4n) is 3.59. The van der Waals surface area contributed by atoms with Crippen LogP contribution in [-0.2, 0) is 14.3 Å². The molecule has 1 aromatic carbocycles. The lowest BCUT2D eigenvalue weighted by molar-refractivity contribution is -0.121. The normalized spacial score (nSPS) is 20.1. The van der Waals surface area contributed by atoms with Crippen molar-refractivity contribution in [2.24, 2.45) is 0 Å². The third-order valence-electron chi connectivity index (χ3n) is 4.61. The number of aromatic nitrogens is 1. The number of benzene rings is 1. The van der Waals surface area contributed by atoms with Gasteiger partial charge in [0.05, 0.1) is 43.7 Å². The van der Waals surface area contributed by atoms with E-state index < -0.39 is 5.97 Å². The largest absolute Gasteiger partial charge is 0.497 e. The van der Waals surface area contributed by atoms with E-state index in [1.807, 2.05) is 19.9 Å². The van der Waals surface area contributed by atoms with Crippen LogP contribution in [0.2, 0.25) is 0 Å². The molecule has 8 nitrogen and oxygen atoms in total. The number of carbonyl (C=O) groups excluding carboxylic acids is 2. The highest BCUT2D eigenvalue weighted by atomic mass is 16.5. The molecule has 2 aromatic rings. The van der Waals surface area contributed by atoms with Gasteiger partial charge >= 0.3 is 5.97 Å². The second-order valence-electron chi connectivity index (χ2n) is 7.01. The van der Waals surface area contributed by atoms with E-state index in [1.165, 1.54) is 0 Å². The lowest BCUT2D eigenvalue weighted by Crippen LogP contribution is -2.48. The predicted molar refractivity (Wildman–Crippen MR) is 106 cm³/mol. The Morgan fingerprint density at radius 2 is 2.00 bits per heavy atom. The van der Waals surface area contributed by atoms with Crippen molar-refractivity contribution in [1.82, 2.24) is 9.88 Å². The van der Waals surface area contributed by atoms with Crippen molar-refractivity contribution in [1.29, 1.82) is 0 Å². The molecule has 0 radical (unpaired) electrons. The highest BCUT2D eigenvalue weighted by molar-refractivity contribution is 6.11. The van der Waals surface area contributed by atoms with Crippen molar-refractivity contribution in [2.45, 2.75) is 33.0 Å². The summed E-state index contributed by atoms with van der Waals surface area (Å²) in [5.74, 6) is -0.0523. The molecule has 0 aliphatic carbocycles. The first-order chi connectivity index (χ1) is 13.4.